The SMILES string of the molecule is C=C(C)C(=O)[O-].C=C(C)C(=O)[O-].C=C(C)C(=O)[O-].O=P(O)(O)O. The van der Waals surface area contributed by atoms with E-state index in [-0.39, 0.29) is 16.7 Å². The van der Waals surface area contributed by atoms with Crippen molar-refractivity contribution in [3.8, 4) is 0 Å². The molecule has 0 fully saturated rings. The molecule has 0 aliphatic rings. The third-order valence-corrected chi connectivity index (χ3v) is 1.05. The van der Waals surface area contributed by atoms with E-state index < -0.39 is 25.7 Å². The van der Waals surface area contributed by atoms with Crippen LogP contribution in [-0.2, 0) is 18.9 Å². The number of carboxylic acid groups (broad SMARTS) is 3. The maximum atomic E-state index is 9.49. The monoisotopic (exact) mass is 353 g/mol. The van der Waals surface area contributed by atoms with Gasteiger partial charge in [-0.25, -0.2) is 4.57 Å². The number of hydrogen-bond donors (Lipinski definition) is 3. The van der Waals surface area contributed by atoms with Crippen LogP contribution in [0, 0.1) is 0 Å². The Morgan fingerprint density at radius 2 is 0.739 bits per heavy atom. The maximum absolute atomic E-state index is 9.49. The Morgan fingerprint density at radius 1 is 0.696 bits per heavy atom. The minimum absolute atomic E-state index is 0.0648. The zero-order valence-electron chi connectivity index (χ0n) is 12.8. The summed E-state index contributed by atoms with van der Waals surface area (Å²) in [6, 6.07) is 0. The summed E-state index contributed by atoms with van der Waals surface area (Å²) >= 11 is 0. The highest BCUT2D eigenvalue weighted by Crippen LogP contribution is 2.25. The molecule has 0 saturated heterocycles. The van der Waals surface area contributed by atoms with Crippen molar-refractivity contribution in [1.29, 1.82) is 0 Å². The molecule has 0 spiro atoms. The molecule has 0 aromatic heterocycles. The Balaban J connectivity index is -0.000000105. The van der Waals surface area contributed by atoms with Crippen LogP contribution in [0.1, 0.15) is 20.8 Å². The van der Waals surface area contributed by atoms with Gasteiger partial charge >= 0.3 is 7.82 Å². The highest BCUT2D eigenvalue weighted by molar-refractivity contribution is 7.45. The van der Waals surface area contributed by atoms with E-state index in [1.807, 2.05) is 0 Å². The summed E-state index contributed by atoms with van der Waals surface area (Å²) in [6.07, 6.45) is 0. The molecule has 0 radical (unpaired) electrons. The lowest BCUT2D eigenvalue weighted by atomic mass is 10.4. The first kappa shape index (κ1) is 28.8. The van der Waals surface area contributed by atoms with Crippen LogP contribution in [0.5, 0.6) is 0 Å². The molecule has 134 valence electrons. The number of rotatable bonds is 3. The molecule has 0 aromatic rings. The normalized spacial score (nSPS) is 8.43. The smallest absolute Gasteiger partial charge is 0.466 e. The van der Waals surface area contributed by atoms with Crippen LogP contribution in [0.4, 0.5) is 0 Å². The van der Waals surface area contributed by atoms with Gasteiger partial charge in [0.2, 0.25) is 0 Å². The van der Waals surface area contributed by atoms with Crippen molar-refractivity contribution in [3.63, 3.8) is 0 Å². The topological polar surface area (TPSA) is 198 Å². The van der Waals surface area contributed by atoms with Crippen molar-refractivity contribution in [1.82, 2.24) is 0 Å². The minimum Gasteiger partial charge on any atom is -0.545 e. The van der Waals surface area contributed by atoms with Gasteiger partial charge in [0.25, 0.3) is 0 Å². The van der Waals surface area contributed by atoms with Gasteiger partial charge in [0.15, 0.2) is 0 Å². The van der Waals surface area contributed by atoms with E-state index in [1.165, 1.54) is 20.8 Å². The zero-order valence-corrected chi connectivity index (χ0v) is 13.7. The maximum Gasteiger partial charge on any atom is 0.466 e. The first-order valence-corrected chi connectivity index (χ1v) is 6.88. The zero-order chi connectivity index (χ0) is 20.0. The van der Waals surface area contributed by atoms with Gasteiger partial charge in [-0.2, -0.15) is 0 Å². The largest absolute Gasteiger partial charge is 0.545 e. The highest BCUT2D eigenvalue weighted by atomic mass is 31.2. The standard InChI is InChI=1S/3C4H6O2.H3O4P/c3*1-3(2)4(5)6;1-5(2,3)4/h3*1H2,2H3,(H,5,6);(H3,1,2,3,4)/p-3. The lowest BCUT2D eigenvalue weighted by Crippen LogP contribution is -2.22. The molecule has 0 aromatic carbocycles. The van der Waals surface area contributed by atoms with Crippen molar-refractivity contribution in [2.75, 3.05) is 0 Å². The fraction of sp³-hybridized carbons (Fsp3) is 0.250. The minimum atomic E-state index is -4.64. The number of carbonyl (C=O) groups excluding carboxylic acids is 3. The van der Waals surface area contributed by atoms with Crippen molar-refractivity contribution in [2.45, 2.75) is 20.8 Å². The van der Waals surface area contributed by atoms with Crippen LogP contribution in [0.15, 0.2) is 36.5 Å². The number of carbonyl (C=O) groups is 3. The molecule has 0 saturated carbocycles. The van der Waals surface area contributed by atoms with Crippen LogP contribution >= 0.6 is 7.82 Å². The second-order valence-electron chi connectivity index (χ2n) is 3.72. The Morgan fingerprint density at radius 3 is 0.739 bits per heavy atom. The molecule has 0 heterocycles. The molecule has 0 unspecified atom stereocenters. The number of hydrogen-bond acceptors (Lipinski definition) is 7. The predicted molar refractivity (Wildman–Crippen MR) is 73.7 cm³/mol. The fourth-order valence-corrected chi connectivity index (χ4v) is 0. The molecule has 0 rings (SSSR count). The number of phosphoric acid groups is 1. The summed E-state index contributed by atoms with van der Waals surface area (Å²) in [5, 5.41) is 28.5. The lowest BCUT2D eigenvalue weighted by molar-refractivity contribution is -0.300. The van der Waals surface area contributed by atoms with Gasteiger partial charge in [0.1, 0.15) is 0 Å². The first-order valence-electron chi connectivity index (χ1n) is 5.32. The third-order valence-electron chi connectivity index (χ3n) is 1.05. The van der Waals surface area contributed by atoms with Gasteiger partial charge in [-0.1, -0.05) is 19.7 Å². The molecule has 0 aliphatic heterocycles. The quantitative estimate of drug-likeness (QED) is 0.347. The van der Waals surface area contributed by atoms with Crippen molar-refractivity contribution in [3.05, 3.63) is 36.5 Å². The van der Waals surface area contributed by atoms with Crippen LogP contribution < -0.4 is 15.3 Å². The Bertz CT molecular complexity index is 399. The van der Waals surface area contributed by atoms with E-state index in [9.17, 15) is 29.7 Å². The van der Waals surface area contributed by atoms with E-state index in [1.54, 1.807) is 0 Å². The number of carboxylic acids is 3. The van der Waals surface area contributed by atoms with E-state index in [4.69, 9.17) is 19.2 Å². The summed E-state index contributed by atoms with van der Waals surface area (Å²) in [4.78, 5) is 50.0. The summed E-state index contributed by atoms with van der Waals surface area (Å²) in [7, 11) is -4.64. The Kier molecular flexibility index (Phi) is 18.4. The second kappa shape index (κ2) is 14.7. The molecule has 0 aliphatic carbocycles. The van der Waals surface area contributed by atoms with Crippen LogP contribution in [0.3, 0.4) is 0 Å². The van der Waals surface area contributed by atoms with Crippen LogP contribution in [0.25, 0.3) is 0 Å². The van der Waals surface area contributed by atoms with Crippen molar-refractivity contribution >= 4 is 25.7 Å². The molecule has 11 heteroatoms. The van der Waals surface area contributed by atoms with E-state index in [0.29, 0.717) is 0 Å². The molecule has 23 heavy (non-hydrogen) atoms. The third kappa shape index (κ3) is 65.5. The van der Waals surface area contributed by atoms with Gasteiger partial charge in [-0.05, 0) is 37.5 Å². The van der Waals surface area contributed by atoms with Crippen molar-refractivity contribution in [2.24, 2.45) is 0 Å². The van der Waals surface area contributed by atoms with E-state index in [0.717, 1.165) is 0 Å². The second-order valence-corrected chi connectivity index (χ2v) is 4.74. The van der Waals surface area contributed by atoms with Gasteiger partial charge in [-0.3, -0.25) is 0 Å². The van der Waals surface area contributed by atoms with E-state index >= 15 is 0 Å². The Labute approximate surface area is 133 Å². The average molecular weight is 353 g/mol. The molecule has 0 bridgehead atoms. The first-order chi connectivity index (χ1) is 9.93. The predicted octanol–water partition coefficient (Wildman–Crippen LogP) is -2.99. The fourth-order valence-electron chi connectivity index (χ4n) is 0. The van der Waals surface area contributed by atoms with Gasteiger partial charge < -0.3 is 44.4 Å². The number of aliphatic carboxylic acids is 3. The molecule has 0 amide bonds. The lowest BCUT2D eigenvalue weighted by Gasteiger charge is -1.93. The summed E-state index contributed by atoms with van der Waals surface area (Å²) < 4.78 is 8.88. The molecule has 3 N–H and O–H groups in total. The highest BCUT2D eigenvalue weighted by Gasteiger charge is 2.00. The molecule has 0 atom stereocenters. The summed E-state index contributed by atoms with van der Waals surface area (Å²) in [5.74, 6) is -3.56. The molecular weight excluding hydrogens is 335 g/mol. The van der Waals surface area contributed by atoms with Gasteiger partial charge in [-0.15, -0.1) is 0 Å². The summed E-state index contributed by atoms with van der Waals surface area (Å²) in [5.41, 5.74) is 0.194. The van der Waals surface area contributed by atoms with Crippen molar-refractivity contribution < 1.29 is 48.9 Å². The Hall–Kier alpha value is -2.26. The summed E-state index contributed by atoms with van der Waals surface area (Å²) in [6.45, 7) is 13.4. The van der Waals surface area contributed by atoms with Crippen LogP contribution in [-0.4, -0.2) is 32.6 Å². The molecular formula is C12H18O10P-3. The molecule has 10 nitrogen and oxygen atoms in total. The van der Waals surface area contributed by atoms with Gasteiger partial charge in [0, 0.05) is 0 Å². The average Bonchev–Trinajstić information content (AvgIpc) is 2.27. The van der Waals surface area contributed by atoms with E-state index in [2.05, 4.69) is 19.7 Å². The van der Waals surface area contributed by atoms with Crippen LogP contribution in [0.2, 0.25) is 0 Å². The van der Waals surface area contributed by atoms with Gasteiger partial charge in [0.05, 0.1) is 17.9 Å².